The second-order valence-electron chi connectivity index (χ2n) is 7.26. The van der Waals surface area contributed by atoms with Crippen molar-refractivity contribution < 1.29 is 0 Å². The lowest BCUT2D eigenvalue weighted by Crippen LogP contribution is -1.94. The summed E-state index contributed by atoms with van der Waals surface area (Å²) in [5, 5.41) is 0. The van der Waals surface area contributed by atoms with Crippen molar-refractivity contribution in [2.24, 2.45) is 0 Å². The fourth-order valence-electron chi connectivity index (χ4n) is 3.39. The number of terminal acetylenes is 1. The third-order valence-corrected chi connectivity index (χ3v) is 5.29. The predicted octanol–water partition coefficient (Wildman–Crippen LogP) is 8.09. The van der Waals surface area contributed by atoms with Crippen molar-refractivity contribution in [3.63, 3.8) is 0 Å². The van der Waals surface area contributed by atoms with Crippen LogP contribution in [0, 0.1) is 12.3 Å². The van der Waals surface area contributed by atoms with E-state index in [1.165, 1.54) is 0 Å². The van der Waals surface area contributed by atoms with Crippen LogP contribution in [0.2, 0.25) is 0 Å². The standard InChI is InChI=1S/C31H26/c1-6-26-18-20-27(21-19-26)25(5)31(29-16-12-9-13-17-29)22-23(3)24(4)30(7-2)28-14-10-8-11-15-28/h2,6,8-22H,1,3,5H2,4H3/b30-24+,31-22+. The third kappa shape index (κ3) is 5.10. The molecule has 0 atom stereocenters. The molecule has 150 valence electrons. The number of rotatable bonds is 7. The zero-order valence-electron chi connectivity index (χ0n) is 17.9. The van der Waals surface area contributed by atoms with E-state index in [0.717, 1.165) is 50.1 Å². The van der Waals surface area contributed by atoms with Crippen LogP contribution < -0.4 is 0 Å². The molecule has 0 aliphatic rings. The highest BCUT2D eigenvalue weighted by molar-refractivity contribution is 6.05. The van der Waals surface area contributed by atoms with E-state index in [1.807, 2.05) is 73.7 Å². The normalized spacial score (nSPS) is 11.8. The molecule has 0 heteroatoms. The molecular formula is C31H26. The molecule has 3 aromatic carbocycles. The topological polar surface area (TPSA) is 0 Å². The molecule has 0 bridgehead atoms. The van der Waals surface area contributed by atoms with Crippen LogP contribution in [0.4, 0.5) is 0 Å². The maximum Gasteiger partial charge on any atom is 0.0349 e. The van der Waals surface area contributed by atoms with Crippen molar-refractivity contribution in [3.8, 4) is 12.3 Å². The molecule has 0 aromatic heterocycles. The van der Waals surface area contributed by atoms with E-state index in [2.05, 4.69) is 56.0 Å². The number of benzene rings is 3. The van der Waals surface area contributed by atoms with Crippen molar-refractivity contribution in [3.05, 3.63) is 144 Å². The van der Waals surface area contributed by atoms with Gasteiger partial charge in [0.2, 0.25) is 0 Å². The van der Waals surface area contributed by atoms with E-state index in [4.69, 9.17) is 6.42 Å². The molecule has 0 aliphatic heterocycles. The summed E-state index contributed by atoms with van der Waals surface area (Å²) in [6.07, 6.45) is 9.78. The fraction of sp³-hybridized carbons (Fsp3) is 0.0323. The highest BCUT2D eigenvalue weighted by atomic mass is 14.2. The van der Waals surface area contributed by atoms with Gasteiger partial charge in [0, 0.05) is 5.57 Å². The van der Waals surface area contributed by atoms with Gasteiger partial charge in [-0.2, -0.15) is 0 Å². The Balaban J connectivity index is 2.08. The lowest BCUT2D eigenvalue weighted by Gasteiger charge is -2.15. The van der Waals surface area contributed by atoms with Crippen molar-refractivity contribution in [1.29, 1.82) is 0 Å². The lowest BCUT2D eigenvalue weighted by atomic mass is 9.89. The van der Waals surface area contributed by atoms with E-state index in [1.54, 1.807) is 0 Å². The molecule has 0 spiro atoms. The van der Waals surface area contributed by atoms with Crippen LogP contribution in [0.15, 0.2) is 122 Å². The van der Waals surface area contributed by atoms with Crippen LogP contribution in [0.5, 0.6) is 0 Å². The van der Waals surface area contributed by atoms with Crippen LogP contribution in [0.3, 0.4) is 0 Å². The van der Waals surface area contributed by atoms with Crippen molar-refractivity contribution in [1.82, 2.24) is 0 Å². The molecule has 0 unspecified atom stereocenters. The molecule has 0 saturated carbocycles. The SMILES string of the molecule is C#C/C(=C(/C)C(=C)/C=C(\C(=C)c1ccc(C=C)cc1)c1ccccc1)c1ccccc1. The second kappa shape index (κ2) is 10.1. The molecule has 0 amide bonds. The first kappa shape index (κ1) is 21.6. The Bertz CT molecular complexity index is 1190. The maximum atomic E-state index is 5.87. The summed E-state index contributed by atoms with van der Waals surface area (Å²) in [6.45, 7) is 14.6. The highest BCUT2D eigenvalue weighted by Gasteiger charge is 2.11. The van der Waals surface area contributed by atoms with Gasteiger partial charge in [-0.25, -0.2) is 0 Å². The molecule has 3 aromatic rings. The van der Waals surface area contributed by atoms with E-state index in [-0.39, 0.29) is 0 Å². The molecule has 0 N–H and O–H groups in total. The minimum Gasteiger partial charge on any atom is -0.115 e. The van der Waals surface area contributed by atoms with Gasteiger partial charge in [-0.15, -0.1) is 6.42 Å². The largest absolute Gasteiger partial charge is 0.115 e. The van der Waals surface area contributed by atoms with E-state index < -0.39 is 0 Å². The van der Waals surface area contributed by atoms with Gasteiger partial charge < -0.3 is 0 Å². The van der Waals surface area contributed by atoms with Gasteiger partial charge in [0.15, 0.2) is 0 Å². The Morgan fingerprint density at radius 3 is 1.84 bits per heavy atom. The Morgan fingerprint density at radius 1 is 0.774 bits per heavy atom. The first-order valence-corrected chi connectivity index (χ1v) is 10.2. The third-order valence-electron chi connectivity index (χ3n) is 5.29. The predicted molar refractivity (Wildman–Crippen MR) is 137 cm³/mol. The smallest absolute Gasteiger partial charge is 0.0349 e. The van der Waals surface area contributed by atoms with Gasteiger partial charge in [0.05, 0.1) is 0 Å². The lowest BCUT2D eigenvalue weighted by molar-refractivity contribution is 1.44. The summed E-state index contributed by atoms with van der Waals surface area (Å²) in [5.41, 5.74) is 8.83. The van der Waals surface area contributed by atoms with Gasteiger partial charge in [0.1, 0.15) is 0 Å². The van der Waals surface area contributed by atoms with Crippen molar-refractivity contribution in [2.75, 3.05) is 0 Å². The molecule has 0 nitrogen and oxygen atoms in total. The molecule has 3 rings (SSSR count). The van der Waals surface area contributed by atoms with Crippen LogP contribution in [-0.2, 0) is 0 Å². The first-order chi connectivity index (χ1) is 15.0. The Hall–Kier alpha value is -4.08. The number of hydrogen-bond acceptors (Lipinski definition) is 0. The molecular weight excluding hydrogens is 372 g/mol. The summed E-state index contributed by atoms with van der Waals surface area (Å²) in [4.78, 5) is 0. The van der Waals surface area contributed by atoms with Crippen molar-refractivity contribution in [2.45, 2.75) is 6.92 Å². The summed E-state index contributed by atoms with van der Waals surface area (Å²) in [5.74, 6) is 2.84. The van der Waals surface area contributed by atoms with Crippen LogP contribution in [-0.4, -0.2) is 0 Å². The van der Waals surface area contributed by atoms with E-state index in [0.29, 0.717) is 0 Å². The van der Waals surface area contributed by atoms with E-state index >= 15 is 0 Å². The fourth-order valence-corrected chi connectivity index (χ4v) is 3.39. The zero-order valence-corrected chi connectivity index (χ0v) is 17.9. The molecule has 31 heavy (non-hydrogen) atoms. The van der Waals surface area contributed by atoms with Gasteiger partial charge in [0.25, 0.3) is 0 Å². The first-order valence-electron chi connectivity index (χ1n) is 10.2. The van der Waals surface area contributed by atoms with Gasteiger partial charge in [-0.3, -0.25) is 0 Å². The number of allylic oxidation sites excluding steroid dienone is 6. The summed E-state index contributed by atoms with van der Waals surface area (Å²) >= 11 is 0. The summed E-state index contributed by atoms with van der Waals surface area (Å²) in [7, 11) is 0. The Labute approximate surface area is 186 Å². The second-order valence-corrected chi connectivity index (χ2v) is 7.26. The van der Waals surface area contributed by atoms with Crippen LogP contribution in [0.1, 0.15) is 29.2 Å². The average molecular weight is 399 g/mol. The highest BCUT2D eigenvalue weighted by Crippen LogP contribution is 2.33. The van der Waals surface area contributed by atoms with Crippen LogP contribution >= 0.6 is 0 Å². The summed E-state index contributed by atoms with van der Waals surface area (Å²) < 4.78 is 0. The summed E-state index contributed by atoms with van der Waals surface area (Å²) in [6, 6.07) is 28.5. The monoisotopic (exact) mass is 398 g/mol. The van der Waals surface area contributed by atoms with Gasteiger partial charge in [-0.1, -0.05) is 117 Å². The average Bonchev–Trinajstić information content (AvgIpc) is 2.83. The van der Waals surface area contributed by atoms with Crippen molar-refractivity contribution >= 4 is 22.8 Å². The zero-order chi connectivity index (χ0) is 22.2. The quantitative estimate of drug-likeness (QED) is 0.279. The molecule has 0 heterocycles. The molecule has 0 fully saturated rings. The maximum absolute atomic E-state index is 5.87. The number of hydrogen-bond donors (Lipinski definition) is 0. The molecule has 0 saturated heterocycles. The van der Waals surface area contributed by atoms with Gasteiger partial charge in [-0.05, 0) is 57.5 Å². The Morgan fingerprint density at radius 2 is 1.32 bits per heavy atom. The van der Waals surface area contributed by atoms with Crippen LogP contribution in [0.25, 0.3) is 22.8 Å². The van der Waals surface area contributed by atoms with E-state index in [9.17, 15) is 0 Å². The Kier molecular flexibility index (Phi) is 7.05. The molecule has 0 aliphatic carbocycles. The minimum atomic E-state index is 0.843. The van der Waals surface area contributed by atoms with Gasteiger partial charge >= 0.3 is 0 Å². The molecule has 0 radical (unpaired) electrons. The minimum absolute atomic E-state index is 0.843.